The van der Waals surface area contributed by atoms with Crippen LogP contribution in [-0.2, 0) is 0 Å². The van der Waals surface area contributed by atoms with Crippen LogP contribution in [0.3, 0.4) is 0 Å². The first-order chi connectivity index (χ1) is 11.3. The molecule has 1 nitrogen and oxygen atoms in total. The van der Waals surface area contributed by atoms with Crippen LogP contribution in [-0.4, -0.2) is 0 Å². The maximum Gasteiger partial charge on any atom is 0.226 e. The van der Waals surface area contributed by atoms with Crippen LogP contribution in [0.2, 0.25) is 0 Å². The van der Waals surface area contributed by atoms with E-state index in [2.05, 4.69) is 90.4 Å². The zero-order valence-electron chi connectivity index (χ0n) is 13.0. The fourth-order valence-electron chi connectivity index (χ4n) is 3.63. The molecule has 0 amide bonds. The van der Waals surface area contributed by atoms with Crippen molar-refractivity contribution in [2.75, 3.05) is 0 Å². The van der Waals surface area contributed by atoms with Crippen molar-refractivity contribution in [1.29, 1.82) is 0 Å². The Hall–Kier alpha value is -2.93. The van der Waals surface area contributed by atoms with E-state index in [4.69, 9.17) is 0 Å². The molecule has 0 saturated carbocycles. The normalized spacial score (nSPS) is 11.7. The smallest absolute Gasteiger partial charge is 0.166 e. The van der Waals surface area contributed by atoms with Gasteiger partial charge in [-0.25, -0.2) is 0 Å². The summed E-state index contributed by atoms with van der Waals surface area (Å²) in [4.78, 5) is 0. The molecule has 0 aliphatic rings. The average molecular weight is 294 g/mol. The third-order valence-electron chi connectivity index (χ3n) is 4.75. The Morgan fingerprint density at radius 1 is 0.652 bits per heavy atom. The van der Waals surface area contributed by atoms with Gasteiger partial charge in [0.25, 0.3) is 0 Å². The molecule has 0 radical (unpaired) electrons. The van der Waals surface area contributed by atoms with E-state index in [1.165, 1.54) is 43.4 Å². The van der Waals surface area contributed by atoms with Gasteiger partial charge in [0.15, 0.2) is 12.4 Å². The number of nitrogens with zero attached hydrogens (tertiary/aromatic N) is 1. The van der Waals surface area contributed by atoms with Gasteiger partial charge in [0.1, 0.15) is 0 Å². The highest BCUT2D eigenvalue weighted by atomic mass is 14.8. The molecule has 0 atom stereocenters. The van der Waals surface area contributed by atoms with Gasteiger partial charge in [-0.1, -0.05) is 54.1 Å². The Morgan fingerprint density at radius 2 is 1.35 bits per heavy atom. The molecule has 0 N–H and O–H groups in total. The van der Waals surface area contributed by atoms with Crippen molar-refractivity contribution in [3.8, 4) is 0 Å². The van der Waals surface area contributed by atoms with Crippen LogP contribution in [0.4, 0.5) is 0 Å². The third kappa shape index (κ3) is 1.77. The fourth-order valence-corrected chi connectivity index (χ4v) is 3.63. The number of hydrogen-bond donors (Lipinski definition) is 0. The van der Waals surface area contributed by atoms with Crippen LogP contribution in [0.5, 0.6) is 0 Å². The van der Waals surface area contributed by atoms with Crippen molar-refractivity contribution in [2.45, 2.75) is 6.92 Å². The van der Waals surface area contributed by atoms with Gasteiger partial charge in [0.05, 0.1) is 10.8 Å². The van der Waals surface area contributed by atoms with E-state index in [9.17, 15) is 0 Å². The lowest BCUT2D eigenvalue weighted by Gasteiger charge is -2.07. The van der Waals surface area contributed by atoms with Gasteiger partial charge in [-0.2, -0.15) is 4.40 Å². The van der Waals surface area contributed by atoms with Crippen LogP contribution in [0, 0.1) is 6.92 Å². The highest BCUT2D eigenvalue weighted by Gasteiger charge is 2.14. The molecule has 2 aromatic heterocycles. The van der Waals surface area contributed by atoms with Gasteiger partial charge < -0.3 is 0 Å². The zero-order chi connectivity index (χ0) is 15.4. The van der Waals surface area contributed by atoms with E-state index in [1.807, 2.05) is 0 Å². The van der Waals surface area contributed by atoms with Crippen molar-refractivity contribution in [1.82, 2.24) is 0 Å². The van der Waals surface area contributed by atoms with Crippen molar-refractivity contribution < 1.29 is 4.40 Å². The summed E-state index contributed by atoms with van der Waals surface area (Å²) >= 11 is 0. The highest BCUT2D eigenvalue weighted by Crippen LogP contribution is 2.31. The van der Waals surface area contributed by atoms with Gasteiger partial charge >= 0.3 is 0 Å². The average Bonchev–Trinajstić information content (AvgIpc) is 2.60. The number of pyridine rings is 2. The number of aromatic nitrogens is 1. The Labute approximate surface area is 134 Å². The van der Waals surface area contributed by atoms with Gasteiger partial charge in [-0.3, -0.25) is 0 Å². The SMILES string of the molecule is Cc1ccc2ccc3cc[n+]4ccc5ccccc5c4c3c2c1. The van der Waals surface area contributed by atoms with Gasteiger partial charge in [-0.05, 0) is 34.5 Å². The largest absolute Gasteiger partial charge is 0.226 e. The quantitative estimate of drug-likeness (QED) is 0.273. The number of fused-ring (bicyclic) bond motifs is 7. The van der Waals surface area contributed by atoms with Gasteiger partial charge in [-0.15, -0.1) is 0 Å². The molecule has 0 aliphatic carbocycles. The van der Waals surface area contributed by atoms with Gasteiger partial charge in [0.2, 0.25) is 5.52 Å². The van der Waals surface area contributed by atoms with Crippen LogP contribution in [0.1, 0.15) is 5.56 Å². The lowest BCUT2D eigenvalue weighted by molar-refractivity contribution is -0.509. The molecule has 0 unspecified atom stereocenters. The Kier molecular flexibility index (Phi) is 2.48. The summed E-state index contributed by atoms with van der Waals surface area (Å²) in [5, 5.41) is 7.84. The lowest BCUT2D eigenvalue weighted by Crippen LogP contribution is -2.20. The minimum absolute atomic E-state index is 1.28. The third-order valence-corrected chi connectivity index (χ3v) is 4.75. The monoisotopic (exact) mass is 294 g/mol. The zero-order valence-corrected chi connectivity index (χ0v) is 13.0. The first-order valence-electron chi connectivity index (χ1n) is 7.96. The molecule has 0 spiro atoms. The van der Waals surface area contributed by atoms with Crippen molar-refractivity contribution in [3.63, 3.8) is 0 Å². The molecule has 5 aromatic rings. The van der Waals surface area contributed by atoms with Crippen molar-refractivity contribution in [2.24, 2.45) is 0 Å². The number of aryl methyl sites for hydroxylation is 1. The number of hydrogen-bond acceptors (Lipinski definition) is 0. The molecular weight excluding hydrogens is 278 g/mol. The fraction of sp³-hybridized carbons (Fsp3) is 0.0455. The molecule has 1 heteroatoms. The summed E-state index contributed by atoms with van der Waals surface area (Å²) in [6, 6.07) is 24.2. The molecule has 5 rings (SSSR count). The first-order valence-corrected chi connectivity index (χ1v) is 7.96. The minimum Gasteiger partial charge on any atom is -0.166 e. The highest BCUT2D eigenvalue weighted by molar-refractivity contribution is 6.19. The van der Waals surface area contributed by atoms with E-state index in [0.717, 1.165) is 0 Å². The topological polar surface area (TPSA) is 4.10 Å². The summed E-state index contributed by atoms with van der Waals surface area (Å²) in [5.74, 6) is 0. The van der Waals surface area contributed by atoms with E-state index < -0.39 is 0 Å². The van der Waals surface area contributed by atoms with E-state index in [-0.39, 0.29) is 0 Å². The van der Waals surface area contributed by atoms with Crippen molar-refractivity contribution in [3.05, 3.63) is 84.7 Å². The molecular formula is C22H16N+. The maximum atomic E-state index is 2.30. The molecule has 2 heterocycles. The molecule has 0 fully saturated rings. The molecule has 3 aromatic carbocycles. The second-order valence-electron chi connectivity index (χ2n) is 6.23. The standard InChI is InChI=1S/C22H16N/c1-15-6-7-17-8-9-18-11-13-23-12-10-16-4-2-3-5-19(16)22(23)21(18)20(17)14-15/h2-14H,1H3/q+1. The summed E-state index contributed by atoms with van der Waals surface area (Å²) in [6.45, 7) is 2.16. The van der Waals surface area contributed by atoms with E-state index in [0.29, 0.717) is 0 Å². The van der Waals surface area contributed by atoms with Gasteiger partial charge in [0, 0.05) is 12.1 Å². The van der Waals surface area contributed by atoms with Crippen molar-refractivity contribution >= 4 is 37.8 Å². The maximum absolute atomic E-state index is 2.30. The lowest BCUT2D eigenvalue weighted by atomic mass is 9.98. The number of benzene rings is 3. The molecule has 23 heavy (non-hydrogen) atoms. The first kappa shape index (κ1) is 12.6. The van der Waals surface area contributed by atoms with Crippen LogP contribution >= 0.6 is 0 Å². The summed E-state index contributed by atoms with van der Waals surface area (Å²) in [6.07, 6.45) is 4.32. The number of rotatable bonds is 0. The summed E-state index contributed by atoms with van der Waals surface area (Å²) in [5.41, 5.74) is 2.59. The predicted octanol–water partition coefficient (Wildman–Crippen LogP) is 5.19. The Morgan fingerprint density at radius 3 is 2.26 bits per heavy atom. The summed E-state index contributed by atoms with van der Waals surface area (Å²) in [7, 11) is 0. The van der Waals surface area contributed by atoms with Crippen LogP contribution in [0.25, 0.3) is 37.8 Å². The van der Waals surface area contributed by atoms with E-state index in [1.54, 1.807) is 0 Å². The van der Waals surface area contributed by atoms with E-state index >= 15 is 0 Å². The predicted molar refractivity (Wildman–Crippen MR) is 96.9 cm³/mol. The Balaban J connectivity index is 2.17. The molecule has 0 aliphatic heterocycles. The second-order valence-corrected chi connectivity index (χ2v) is 6.23. The van der Waals surface area contributed by atoms with Crippen LogP contribution < -0.4 is 4.40 Å². The minimum atomic E-state index is 1.28. The Bertz CT molecular complexity index is 1210. The summed E-state index contributed by atoms with van der Waals surface area (Å²) < 4.78 is 2.24. The second kappa shape index (κ2) is 4.53. The molecule has 0 saturated heterocycles. The van der Waals surface area contributed by atoms with Crippen LogP contribution in [0.15, 0.2) is 79.1 Å². The molecule has 108 valence electrons. The molecule has 0 bridgehead atoms.